The summed E-state index contributed by atoms with van der Waals surface area (Å²) in [6.07, 6.45) is 3.56. The maximum absolute atomic E-state index is 12.4. The van der Waals surface area contributed by atoms with Gasteiger partial charge in [0.25, 0.3) is 0 Å². The molecule has 0 radical (unpaired) electrons. The molecule has 110 valence electrons. The molecule has 1 fully saturated rings. The number of carbonyl (C=O) groups excluding carboxylic acids is 1. The third-order valence-electron chi connectivity index (χ3n) is 4.24. The predicted molar refractivity (Wildman–Crippen MR) is 80.7 cm³/mol. The zero-order valence-corrected chi connectivity index (χ0v) is 12.6. The third-order valence-corrected chi connectivity index (χ3v) is 4.24. The maximum Gasteiger partial charge on any atom is 0.312 e. The first-order chi connectivity index (χ1) is 9.70. The quantitative estimate of drug-likeness (QED) is 0.840. The number of nitrogens with one attached hydrogen (secondary N) is 1. The summed E-state index contributed by atoms with van der Waals surface area (Å²) in [5.41, 5.74) is 2.23. The fourth-order valence-electron chi connectivity index (χ4n) is 2.93. The third kappa shape index (κ3) is 3.40. The summed E-state index contributed by atoms with van der Waals surface area (Å²) in [5, 5.41) is 3.33. The van der Waals surface area contributed by atoms with Gasteiger partial charge in [-0.25, -0.2) is 0 Å². The SMILES string of the molecule is CCOC(=O)C1(Cc2ccc(CC)cc2)CCNCC1. The molecule has 1 heterocycles. The van der Waals surface area contributed by atoms with Crippen molar-refractivity contribution in [2.75, 3.05) is 19.7 Å². The molecule has 0 unspecified atom stereocenters. The average Bonchev–Trinajstić information content (AvgIpc) is 2.49. The first kappa shape index (κ1) is 15.0. The van der Waals surface area contributed by atoms with Crippen LogP contribution in [0.5, 0.6) is 0 Å². The summed E-state index contributed by atoms with van der Waals surface area (Å²) in [6, 6.07) is 8.63. The van der Waals surface area contributed by atoms with Crippen LogP contribution in [0.1, 0.15) is 37.8 Å². The first-order valence-electron chi connectivity index (χ1n) is 7.66. The zero-order valence-electron chi connectivity index (χ0n) is 12.6. The number of carbonyl (C=O) groups is 1. The Kier molecular flexibility index (Phi) is 5.18. The van der Waals surface area contributed by atoms with Gasteiger partial charge in [0.15, 0.2) is 0 Å². The lowest BCUT2D eigenvalue weighted by atomic mass is 9.74. The van der Waals surface area contributed by atoms with E-state index in [-0.39, 0.29) is 11.4 Å². The molecular formula is C17H25NO2. The summed E-state index contributed by atoms with van der Waals surface area (Å²) >= 11 is 0. The molecule has 0 bridgehead atoms. The summed E-state index contributed by atoms with van der Waals surface area (Å²) in [4.78, 5) is 12.4. The number of aryl methyl sites for hydroxylation is 1. The van der Waals surface area contributed by atoms with E-state index in [1.165, 1.54) is 11.1 Å². The number of esters is 1. The molecule has 2 rings (SSSR count). The topological polar surface area (TPSA) is 38.3 Å². The zero-order chi connectivity index (χ0) is 14.4. The number of hydrogen-bond donors (Lipinski definition) is 1. The highest BCUT2D eigenvalue weighted by atomic mass is 16.5. The number of ether oxygens (including phenoxy) is 1. The van der Waals surface area contributed by atoms with Crippen molar-refractivity contribution in [1.29, 1.82) is 0 Å². The van der Waals surface area contributed by atoms with Crippen molar-refractivity contribution in [2.24, 2.45) is 5.41 Å². The van der Waals surface area contributed by atoms with Crippen LogP contribution in [0.3, 0.4) is 0 Å². The second kappa shape index (κ2) is 6.89. The molecule has 0 spiro atoms. The molecule has 1 aliphatic heterocycles. The number of benzene rings is 1. The fourth-order valence-corrected chi connectivity index (χ4v) is 2.93. The molecule has 1 aromatic carbocycles. The van der Waals surface area contributed by atoms with Crippen LogP contribution in [0.25, 0.3) is 0 Å². The summed E-state index contributed by atoms with van der Waals surface area (Å²) in [5.74, 6) is -0.0268. The molecule has 1 aliphatic rings. The van der Waals surface area contributed by atoms with Crippen LogP contribution >= 0.6 is 0 Å². The smallest absolute Gasteiger partial charge is 0.312 e. The van der Waals surface area contributed by atoms with E-state index in [2.05, 4.69) is 36.5 Å². The van der Waals surface area contributed by atoms with Crippen LogP contribution in [0, 0.1) is 5.41 Å². The monoisotopic (exact) mass is 275 g/mol. The van der Waals surface area contributed by atoms with Crippen molar-refractivity contribution in [3.05, 3.63) is 35.4 Å². The van der Waals surface area contributed by atoms with Gasteiger partial charge >= 0.3 is 5.97 Å². The first-order valence-corrected chi connectivity index (χ1v) is 7.66. The number of piperidine rings is 1. The van der Waals surface area contributed by atoms with Gasteiger partial charge in [-0.1, -0.05) is 31.2 Å². The summed E-state index contributed by atoms with van der Waals surface area (Å²) in [6.45, 7) is 6.28. The largest absolute Gasteiger partial charge is 0.466 e. The molecule has 1 N–H and O–H groups in total. The van der Waals surface area contributed by atoms with Crippen molar-refractivity contribution < 1.29 is 9.53 Å². The Morgan fingerprint density at radius 2 is 1.75 bits per heavy atom. The van der Waals surface area contributed by atoms with Crippen LogP contribution < -0.4 is 5.32 Å². The Morgan fingerprint density at radius 3 is 2.30 bits per heavy atom. The van der Waals surface area contributed by atoms with E-state index in [1.807, 2.05) is 6.92 Å². The maximum atomic E-state index is 12.4. The standard InChI is InChI=1S/C17H25NO2/c1-3-14-5-7-15(8-6-14)13-17(16(19)20-4-2)9-11-18-12-10-17/h5-8,18H,3-4,9-13H2,1-2H3. The molecule has 0 atom stereocenters. The van der Waals surface area contributed by atoms with Gasteiger partial charge in [-0.3, -0.25) is 4.79 Å². The molecule has 3 nitrogen and oxygen atoms in total. The van der Waals surface area contributed by atoms with Crippen molar-refractivity contribution in [2.45, 2.75) is 39.5 Å². The number of rotatable bonds is 5. The van der Waals surface area contributed by atoms with E-state index in [0.717, 1.165) is 38.8 Å². The van der Waals surface area contributed by atoms with Gasteiger partial charge in [-0.05, 0) is 56.8 Å². The van der Waals surface area contributed by atoms with Crippen molar-refractivity contribution in [3.8, 4) is 0 Å². The second-order valence-corrected chi connectivity index (χ2v) is 5.60. The van der Waals surface area contributed by atoms with Gasteiger partial charge in [0.1, 0.15) is 0 Å². The lowest BCUT2D eigenvalue weighted by Crippen LogP contribution is -2.44. The Labute approximate surface area is 121 Å². The molecular weight excluding hydrogens is 250 g/mol. The van der Waals surface area contributed by atoms with Crippen LogP contribution in [0.15, 0.2) is 24.3 Å². The van der Waals surface area contributed by atoms with Crippen LogP contribution in [0.2, 0.25) is 0 Å². The van der Waals surface area contributed by atoms with E-state index in [0.29, 0.717) is 6.61 Å². The molecule has 0 saturated carbocycles. The molecule has 20 heavy (non-hydrogen) atoms. The molecule has 0 amide bonds. The van der Waals surface area contributed by atoms with Gasteiger partial charge in [-0.2, -0.15) is 0 Å². The highest BCUT2D eigenvalue weighted by Gasteiger charge is 2.40. The second-order valence-electron chi connectivity index (χ2n) is 5.60. The minimum Gasteiger partial charge on any atom is -0.466 e. The van der Waals surface area contributed by atoms with Crippen LogP contribution in [-0.2, 0) is 22.4 Å². The Bertz CT molecular complexity index is 433. The molecule has 0 aliphatic carbocycles. The number of hydrogen-bond acceptors (Lipinski definition) is 3. The van der Waals surface area contributed by atoms with E-state index in [1.54, 1.807) is 0 Å². The van der Waals surface area contributed by atoms with Gasteiger partial charge in [0.2, 0.25) is 0 Å². The highest BCUT2D eigenvalue weighted by molar-refractivity contribution is 5.77. The van der Waals surface area contributed by atoms with E-state index in [9.17, 15) is 4.79 Å². The van der Waals surface area contributed by atoms with Gasteiger partial charge < -0.3 is 10.1 Å². The van der Waals surface area contributed by atoms with Gasteiger partial charge in [0, 0.05) is 0 Å². The summed E-state index contributed by atoms with van der Waals surface area (Å²) in [7, 11) is 0. The minimum absolute atomic E-state index is 0.0268. The van der Waals surface area contributed by atoms with Crippen molar-refractivity contribution in [3.63, 3.8) is 0 Å². The van der Waals surface area contributed by atoms with Crippen LogP contribution in [0.4, 0.5) is 0 Å². The lowest BCUT2D eigenvalue weighted by molar-refractivity contribution is -0.157. The van der Waals surface area contributed by atoms with Gasteiger partial charge in [0.05, 0.1) is 12.0 Å². The van der Waals surface area contributed by atoms with E-state index < -0.39 is 0 Å². The minimum atomic E-state index is -0.338. The van der Waals surface area contributed by atoms with Gasteiger partial charge in [-0.15, -0.1) is 0 Å². The fraction of sp³-hybridized carbons (Fsp3) is 0.588. The van der Waals surface area contributed by atoms with E-state index >= 15 is 0 Å². The van der Waals surface area contributed by atoms with Crippen LogP contribution in [-0.4, -0.2) is 25.7 Å². The average molecular weight is 275 g/mol. The Hall–Kier alpha value is -1.35. The van der Waals surface area contributed by atoms with Crippen molar-refractivity contribution in [1.82, 2.24) is 5.32 Å². The predicted octanol–water partition coefficient (Wildman–Crippen LogP) is 2.72. The van der Waals surface area contributed by atoms with E-state index in [4.69, 9.17) is 4.74 Å². The highest BCUT2D eigenvalue weighted by Crippen LogP contribution is 2.34. The lowest BCUT2D eigenvalue weighted by Gasteiger charge is -2.35. The molecule has 1 aromatic rings. The Balaban J connectivity index is 2.15. The molecule has 1 saturated heterocycles. The normalized spacial score (nSPS) is 17.7. The summed E-state index contributed by atoms with van der Waals surface area (Å²) < 4.78 is 5.34. The Morgan fingerprint density at radius 1 is 1.15 bits per heavy atom. The molecule has 3 heteroatoms. The molecule has 0 aromatic heterocycles. The van der Waals surface area contributed by atoms with Crippen molar-refractivity contribution >= 4 is 5.97 Å².